The van der Waals surface area contributed by atoms with Crippen molar-refractivity contribution in [1.29, 1.82) is 0 Å². The van der Waals surface area contributed by atoms with Gasteiger partial charge in [0.2, 0.25) is 0 Å². The van der Waals surface area contributed by atoms with Gasteiger partial charge in [-0.2, -0.15) is 0 Å². The Labute approximate surface area is 204 Å². The number of nitrogens with zero attached hydrogens (tertiary/aromatic N) is 1. The van der Waals surface area contributed by atoms with Gasteiger partial charge in [-0.15, -0.1) is 0 Å². The monoisotopic (exact) mass is 455 g/mol. The third kappa shape index (κ3) is 3.85. The summed E-state index contributed by atoms with van der Waals surface area (Å²) in [5, 5.41) is 9.91. The van der Waals surface area contributed by atoms with Crippen LogP contribution in [0.15, 0.2) is 127 Å². The van der Waals surface area contributed by atoms with Gasteiger partial charge in [-0.3, -0.25) is 0 Å². The number of nitrogens with one attached hydrogen (secondary N) is 1. The second kappa shape index (κ2) is 9.12. The number of para-hydroxylation sites is 2. The molecule has 0 amide bonds. The summed E-state index contributed by atoms with van der Waals surface area (Å²) in [5.41, 5.74) is 6.89. The van der Waals surface area contributed by atoms with Crippen LogP contribution in [-0.2, 0) is 0 Å². The van der Waals surface area contributed by atoms with Gasteiger partial charge in [0.25, 0.3) is 0 Å². The van der Waals surface area contributed by atoms with E-state index in [1.165, 1.54) is 21.9 Å². The second-order valence-electron chi connectivity index (χ2n) is 8.21. The van der Waals surface area contributed by atoms with Crippen LogP contribution in [0.4, 0.5) is 11.4 Å². The standard InChI is InChI=1S/C31H23N2S/c1-3-13-24(14-4-1)30-22-34-31(33(30)25-16-5-2-6-17-25)32-29-21-10-9-19-28(29)27-20-11-15-23-12-7-8-18-26(23)27/h1-21,31-32H. The molecule has 1 unspecified atom stereocenters. The summed E-state index contributed by atoms with van der Waals surface area (Å²) >= 11 is 1.68. The van der Waals surface area contributed by atoms with Crippen molar-refractivity contribution in [2.45, 2.75) is 5.50 Å². The zero-order chi connectivity index (χ0) is 22.7. The van der Waals surface area contributed by atoms with Crippen LogP contribution in [0.5, 0.6) is 0 Å². The molecule has 1 aliphatic heterocycles. The summed E-state index contributed by atoms with van der Waals surface area (Å²) in [6.07, 6.45) is 0. The van der Waals surface area contributed by atoms with E-state index in [2.05, 4.69) is 143 Å². The molecule has 34 heavy (non-hydrogen) atoms. The summed E-state index contributed by atoms with van der Waals surface area (Å²) in [5.74, 6) is 0. The van der Waals surface area contributed by atoms with E-state index < -0.39 is 0 Å². The maximum atomic E-state index is 3.83. The predicted octanol–water partition coefficient (Wildman–Crippen LogP) is 8.26. The van der Waals surface area contributed by atoms with Crippen LogP contribution in [0, 0.1) is 5.41 Å². The zero-order valence-electron chi connectivity index (χ0n) is 18.6. The van der Waals surface area contributed by atoms with Crippen LogP contribution < -0.4 is 10.2 Å². The Balaban J connectivity index is 1.40. The lowest BCUT2D eigenvalue weighted by molar-refractivity contribution is 0.994. The summed E-state index contributed by atoms with van der Waals surface area (Å²) < 4.78 is 0. The number of benzene rings is 5. The molecule has 163 valence electrons. The van der Waals surface area contributed by atoms with Gasteiger partial charge in [-0.25, -0.2) is 0 Å². The molecule has 1 radical (unpaired) electrons. The van der Waals surface area contributed by atoms with Crippen molar-refractivity contribution < 1.29 is 0 Å². The first-order chi connectivity index (χ1) is 16.9. The molecule has 0 spiro atoms. The quantitative estimate of drug-likeness (QED) is 0.287. The Morgan fingerprint density at radius 2 is 1.26 bits per heavy atom. The largest absolute Gasteiger partial charge is 0.356 e. The van der Waals surface area contributed by atoms with Crippen molar-refractivity contribution in [3.63, 3.8) is 0 Å². The molecule has 1 atom stereocenters. The van der Waals surface area contributed by atoms with Crippen LogP contribution in [0.1, 0.15) is 5.56 Å². The molecular formula is C31H23N2S. The highest BCUT2D eigenvalue weighted by Crippen LogP contribution is 2.42. The molecule has 0 saturated heterocycles. The van der Waals surface area contributed by atoms with Crippen molar-refractivity contribution in [3.8, 4) is 11.1 Å². The molecular weight excluding hydrogens is 432 g/mol. The zero-order valence-corrected chi connectivity index (χ0v) is 19.4. The molecule has 2 nitrogen and oxygen atoms in total. The first-order valence-corrected chi connectivity index (χ1v) is 12.3. The third-order valence-corrected chi connectivity index (χ3v) is 6.97. The molecule has 0 saturated carbocycles. The fraction of sp³-hybridized carbons (Fsp3) is 0.0323. The van der Waals surface area contributed by atoms with Gasteiger partial charge >= 0.3 is 0 Å². The van der Waals surface area contributed by atoms with Crippen molar-refractivity contribution in [1.82, 2.24) is 0 Å². The molecule has 6 rings (SSSR count). The molecule has 3 heteroatoms. The van der Waals surface area contributed by atoms with Gasteiger partial charge in [0.1, 0.15) is 0 Å². The highest BCUT2D eigenvalue weighted by Gasteiger charge is 2.30. The maximum Gasteiger partial charge on any atom is 0.157 e. The highest BCUT2D eigenvalue weighted by atomic mass is 32.2. The smallest absolute Gasteiger partial charge is 0.157 e. The van der Waals surface area contributed by atoms with Crippen LogP contribution in [0.2, 0.25) is 0 Å². The summed E-state index contributed by atoms with van der Waals surface area (Å²) in [4.78, 5) is 2.33. The summed E-state index contributed by atoms with van der Waals surface area (Å²) in [6.45, 7) is 0. The average molecular weight is 456 g/mol. The minimum absolute atomic E-state index is 0.0197. The second-order valence-corrected chi connectivity index (χ2v) is 9.10. The number of fused-ring (bicyclic) bond motifs is 1. The number of hydrogen-bond acceptors (Lipinski definition) is 3. The molecule has 0 aliphatic carbocycles. The van der Waals surface area contributed by atoms with E-state index in [0.29, 0.717) is 0 Å². The molecule has 0 fully saturated rings. The van der Waals surface area contributed by atoms with Crippen molar-refractivity contribution in [2.75, 3.05) is 10.2 Å². The Morgan fingerprint density at radius 3 is 2.12 bits per heavy atom. The lowest BCUT2D eigenvalue weighted by Crippen LogP contribution is -2.34. The molecule has 1 aliphatic rings. The van der Waals surface area contributed by atoms with Gasteiger partial charge in [0, 0.05) is 16.9 Å². The summed E-state index contributed by atoms with van der Waals surface area (Å²) in [7, 11) is 0. The predicted molar refractivity (Wildman–Crippen MR) is 146 cm³/mol. The Bertz CT molecular complexity index is 1460. The Hall–Kier alpha value is -3.95. The van der Waals surface area contributed by atoms with Crippen molar-refractivity contribution in [3.05, 3.63) is 138 Å². The van der Waals surface area contributed by atoms with Gasteiger partial charge in [-0.05, 0) is 40.1 Å². The fourth-order valence-electron chi connectivity index (χ4n) is 4.51. The summed E-state index contributed by atoms with van der Waals surface area (Å²) in [6, 6.07) is 44.7. The highest BCUT2D eigenvalue weighted by molar-refractivity contribution is 8.02. The average Bonchev–Trinajstić information content (AvgIpc) is 3.33. The molecule has 1 N–H and O–H groups in total. The van der Waals surface area contributed by atoms with Gasteiger partial charge < -0.3 is 10.2 Å². The van der Waals surface area contributed by atoms with Crippen LogP contribution in [-0.4, -0.2) is 5.50 Å². The molecule has 5 aromatic carbocycles. The Morgan fingerprint density at radius 1 is 0.618 bits per heavy atom. The van der Waals surface area contributed by atoms with E-state index in [-0.39, 0.29) is 5.50 Å². The third-order valence-electron chi connectivity index (χ3n) is 6.11. The van der Waals surface area contributed by atoms with Crippen LogP contribution >= 0.6 is 11.8 Å². The van der Waals surface area contributed by atoms with Gasteiger partial charge in [0.15, 0.2) is 5.50 Å². The van der Waals surface area contributed by atoms with E-state index in [9.17, 15) is 0 Å². The minimum Gasteiger partial charge on any atom is -0.356 e. The van der Waals surface area contributed by atoms with Crippen molar-refractivity contribution >= 4 is 39.6 Å². The normalized spacial score (nSPS) is 15.4. The topological polar surface area (TPSA) is 15.3 Å². The van der Waals surface area contributed by atoms with E-state index in [1.807, 2.05) is 0 Å². The molecule has 5 aromatic rings. The first-order valence-electron chi connectivity index (χ1n) is 11.4. The number of rotatable bonds is 5. The van der Waals surface area contributed by atoms with E-state index >= 15 is 0 Å². The van der Waals surface area contributed by atoms with E-state index in [4.69, 9.17) is 0 Å². The fourth-order valence-corrected chi connectivity index (χ4v) is 5.47. The SMILES string of the molecule is [C]1=C(c2ccccc2)N(c2ccccc2)C(Nc2ccccc2-c2cccc3ccccc23)S1. The molecule has 1 heterocycles. The van der Waals surface area contributed by atoms with Crippen LogP contribution in [0.25, 0.3) is 27.6 Å². The van der Waals surface area contributed by atoms with Gasteiger partial charge in [0.05, 0.1) is 11.1 Å². The Kier molecular flexibility index (Phi) is 5.54. The minimum atomic E-state index is -0.0197. The number of anilines is 2. The maximum absolute atomic E-state index is 3.83. The number of hydrogen-bond donors (Lipinski definition) is 1. The lowest BCUT2D eigenvalue weighted by Gasteiger charge is -2.31. The molecule has 0 bridgehead atoms. The van der Waals surface area contributed by atoms with Crippen molar-refractivity contribution in [2.24, 2.45) is 0 Å². The van der Waals surface area contributed by atoms with E-state index in [0.717, 1.165) is 22.6 Å². The molecule has 0 aromatic heterocycles. The first kappa shape index (κ1) is 20.6. The number of thioether (sulfide) groups is 1. The van der Waals surface area contributed by atoms with Gasteiger partial charge in [-0.1, -0.05) is 121 Å². The lowest BCUT2D eigenvalue weighted by atomic mass is 9.97. The van der Waals surface area contributed by atoms with Crippen LogP contribution in [0.3, 0.4) is 0 Å². The van der Waals surface area contributed by atoms with E-state index in [1.54, 1.807) is 11.8 Å².